The summed E-state index contributed by atoms with van der Waals surface area (Å²) < 4.78 is 18.0. The number of hydrogen-bond donors (Lipinski definition) is 1. The largest absolute Gasteiger partial charge is 0.477 e. The van der Waals surface area contributed by atoms with Crippen molar-refractivity contribution in [3.05, 3.63) is 85.6 Å². The molecule has 0 fully saturated rings. The molecule has 2 aliphatic rings. The number of aliphatic imine (C=N–C) groups is 1. The number of thiophene rings is 1. The highest BCUT2D eigenvalue weighted by Crippen LogP contribution is 2.39. The van der Waals surface area contributed by atoms with E-state index in [9.17, 15) is 19.1 Å². The number of hydrogen-bond acceptors (Lipinski definition) is 7. The minimum absolute atomic E-state index is 0.135. The molecule has 0 aliphatic carbocycles. The zero-order chi connectivity index (χ0) is 25.0. The number of carboxylic acids is 1. The number of fused-ring (bicyclic) bond motifs is 1. The van der Waals surface area contributed by atoms with Gasteiger partial charge in [-0.05, 0) is 70.1 Å². The van der Waals surface area contributed by atoms with Crippen molar-refractivity contribution >= 4 is 40.2 Å². The maximum Gasteiger partial charge on any atom is 0.345 e. The molecule has 12 heteroatoms. The molecule has 0 unspecified atom stereocenters. The molecule has 36 heavy (non-hydrogen) atoms. The van der Waals surface area contributed by atoms with Crippen molar-refractivity contribution in [3.8, 4) is 16.8 Å². The maximum absolute atomic E-state index is 14.8. The van der Waals surface area contributed by atoms with Gasteiger partial charge in [0.25, 0.3) is 5.56 Å². The Morgan fingerprint density at radius 1 is 1.19 bits per heavy atom. The second kappa shape index (κ2) is 8.61. The van der Waals surface area contributed by atoms with Crippen LogP contribution in [0.3, 0.4) is 0 Å². The Morgan fingerprint density at radius 2 is 2.06 bits per heavy atom. The van der Waals surface area contributed by atoms with Crippen LogP contribution in [0.4, 0.5) is 4.39 Å². The fourth-order valence-corrected chi connectivity index (χ4v) is 5.72. The van der Waals surface area contributed by atoms with E-state index >= 15 is 0 Å². The quantitative estimate of drug-likeness (QED) is 0.384. The molecule has 5 heterocycles. The lowest BCUT2D eigenvalue weighted by atomic mass is 10.00. The number of aromatic nitrogens is 5. The second-order valence-corrected chi connectivity index (χ2v) is 9.82. The zero-order valence-corrected chi connectivity index (χ0v) is 20.0. The van der Waals surface area contributed by atoms with Gasteiger partial charge < -0.3 is 9.67 Å². The number of pyridine rings is 1. The van der Waals surface area contributed by atoms with Crippen LogP contribution in [0.1, 0.15) is 39.8 Å². The summed E-state index contributed by atoms with van der Waals surface area (Å²) in [7, 11) is 0. The second-order valence-electron chi connectivity index (χ2n) is 8.47. The number of aryl methyl sites for hydroxylation is 1. The van der Waals surface area contributed by atoms with Crippen LogP contribution in [0, 0.1) is 0 Å². The summed E-state index contributed by atoms with van der Waals surface area (Å²) in [5, 5.41) is 22.6. The molecule has 0 radical (unpaired) electrons. The predicted octanol–water partition coefficient (Wildman–Crippen LogP) is 4.57. The molecule has 180 valence electrons. The molecular formula is C24H16ClFN6O3S. The Morgan fingerprint density at radius 3 is 2.81 bits per heavy atom. The Bertz CT molecular complexity index is 1660. The number of allylic oxidation sites excluding steroid dienone is 1. The van der Waals surface area contributed by atoms with E-state index in [1.54, 1.807) is 28.1 Å². The van der Waals surface area contributed by atoms with E-state index in [0.717, 1.165) is 17.0 Å². The summed E-state index contributed by atoms with van der Waals surface area (Å²) >= 11 is 7.30. The monoisotopic (exact) mass is 522 g/mol. The summed E-state index contributed by atoms with van der Waals surface area (Å²) in [6.45, 7) is 0. The number of halogens is 2. The molecule has 3 aromatic heterocycles. The topological polar surface area (TPSA) is 115 Å². The van der Waals surface area contributed by atoms with Gasteiger partial charge in [0.2, 0.25) is 5.95 Å². The molecule has 0 bridgehead atoms. The Balaban J connectivity index is 1.33. The van der Waals surface area contributed by atoms with Crippen molar-refractivity contribution in [2.24, 2.45) is 4.99 Å². The molecule has 2 aliphatic heterocycles. The van der Waals surface area contributed by atoms with Crippen LogP contribution in [0.2, 0.25) is 5.02 Å². The summed E-state index contributed by atoms with van der Waals surface area (Å²) in [5.41, 5.74) is 4.05. The number of tetrazole rings is 1. The van der Waals surface area contributed by atoms with E-state index in [1.165, 1.54) is 23.1 Å². The minimum atomic E-state index is -1.05. The summed E-state index contributed by atoms with van der Waals surface area (Å²) in [5.74, 6) is -1.69. The van der Waals surface area contributed by atoms with E-state index in [4.69, 9.17) is 11.6 Å². The number of carboxylic acid groups (broad SMARTS) is 1. The molecule has 9 nitrogen and oxygen atoms in total. The molecule has 4 aromatic rings. The average molecular weight is 523 g/mol. The lowest BCUT2D eigenvalue weighted by Gasteiger charge is -2.16. The standard InChI is InChI=1S/C24H16ClFN6O3S/c25-14-1-3-19(31-11-27-29-30-31)16(8-14)12-5-15-2-4-20(32(15)22(33)7-12)18-9-17(23(26)28-18)13-6-21(24(34)35)36-10-13/h1,3,5-8,10-11,20H,2,4,9H2,(H,34,35)/t20-/m0/s1. The van der Waals surface area contributed by atoms with Crippen molar-refractivity contribution in [2.45, 2.75) is 25.3 Å². The van der Waals surface area contributed by atoms with Gasteiger partial charge in [0.15, 0.2) is 0 Å². The number of aromatic carboxylic acids is 1. The Kier molecular flexibility index (Phi) is 5.38. The van der Waals surface area contributed by atoms with Crippen LogP contribution in [0.5, 0.6) is 0 Å². The SMILES string of the molecule is O=C(O)c1cc(C2=C(F)N=C([C@@H]3CCc4cc(-c5cc(Cl)ccc5-n5cnnn5)cc(=O)n43)C2)cs1. The average Bonchev–Trinajstić information content (AvgIpc) is 3.64. The predicted molar refractivity (Wildman–Crippen MR) is 133 cm³/mol. The number of benzene rings is 1. The number of nitrogens with zero attached hydrogens (tertiary/aromatic N) is 6. The highest BCUT2D eigenvalue weighted by atomic mass is 35.5. The lowest BCUT2D eigenvalue weighted by Crippen LogP contribution is -2.27. The van der Waals surface area contributed by atoms with Gasteiger partial charge in [-0.1, -0.05) is 11.6 Å². The molecule has 6 rings (SSSR count). The molecular weight excluding hydrogens is 507 g/mol. The van der Waals surface area contributed by atoms with Gasteiger partial charge in [-0.2, -0.15) is 9.07 Å². The van der Waals surface area contributed by atoms with Crippen LogP contribution in [-0.4, -0.2) is 41.6 Å². The highest BCUT2D eigenvalue weighted by Gasteiger charge is 2.33. The Hall–Kier alpha value is -3.96. The van der Waals surface area contributed by atoms with Crippen molar-refractivity contribution in [3.63, 3.8) is 0 Å². The first-order valence-corrected chi connectivity index (χ1v) is 12.2. The smallest absolute Gasteiger partial charge is 0.345 e. The number of carbonyl (C=O) groups is 1. The highest BCUT2D eigenvalue weighted by molar-refractivity contribution is 7.12. The first kappa shape index (κ1) is 22.5. The van der Waals surface area contributed by atoms with Gasteiger partial charge in [-0.3, -0.25) is 4.79 Å². The lowest BCUT2D eigenvalue weighted by molar-refractivity contribution is 0.0702. The number of rotatable bonds is 5. The fraction of sp³-hybridized carbons (Fsp3) is 0.167. The van der Waals surface area contributed by atoms with Gasteiger partial charge in [0.1, 0.15) is 11.2 Å². The van der Waals surface area contributed by atoms with Gasteiger partial charge in [-0.15, -0.1) is 16.4 Å². The van der Waals surface area contributed by atoms with E-state index in [-0.39, 0.29) is 22.9 Å². The van der Waals surface area contributed by atoms with Crippen LogP contribution < -0.4 is 5.56 Å². The van der Waals surface area contributed by atoms with Crippen molar-refractivity contribution in [1.82, 2.24) is 24.8 Å². The van der Waals surface area contributed by atoms with Crippen LogP contribution in [0.15, 0.2) is 63.8 Å². The molecule has 0 saturated heterocycles. The van der Waals surface area contributed by atoms with Gasteiger partial charge in [0, 0.05) is 40.1 Å². The van der Waals surface area contributed by atoms with E-state index in [2.05, 4.69) is 20.5 Å². The third-order valence-corrected chi connectivity index (χ3v) is 7.54. The minimum Gasteiger partial charge on any atom is -0.477 e. The molecule has 0 spiro atoms. The summed E-state index contributed by atoms with van der Waals surface area (Å²) in [6, 6.07) is 9.80. The van der Waals surface area contributed by atoms with Gasteiger partial charge >= 0.3 is 5.97 Å². The zero-order valence-electron chi connectivity index (χ0n) is 18.4. The van der Waals surface area contributed by atoms with E-state index in [1.807, 2.05) is 6.07 Å². The summed E-state index contributed by atoms with van der Waals surface area (Å²) in [6.07, 6.45) is 2.91. The van der Waals surface area contributed by atoms with Crippen LogP contribution >= 0.6 is 22.9 Å². The third kappa shape index (κ3) is 3.76. The van der Waals surface area contributed by atoms with Gasteiger partial charge in [-0.25, -0.2) is 9.79 Å². The molecule has 0 saturated carbocycles. The van der Waals surface area contributed by atoms with E-state index in [0.29, 0.717) is 51.5 Å². The van der Waals surface area contributed by atoms with Crippen LogP contribution in [-0.2, 0) is 6.42 Å². The fourth-order valence-electron chi connectivity index (χ4n) is 4.78. The first-order valence-electron chi connectivity index (χ1n) is 11.0. The van der Waals surface area contributed by atoms with Gasteiger partial charge in [0.05, 0.1) is 11.7 Å². The van der Waals surface area contributed by atoms with E-state index < -0.39 is 11.9 Å². The van der Waals surface area contributed by atoms with Crippen LogP contribution in [0.25, 0.3) is 22.4 Å². The molecule has 1 aromatic carbocycles. The maximum atomic E-state index is 14.8. The normalized spacial score (nSPS) is 16.9. The van der Waals surface area contributed by atoms with Crippen molar-refractivity contribution < 1.29 is 14.3 Å². The summed E-state index contributed by atoms with van der Waals surface area (Å²) in [4.78, 5) is 28.8. The van der Waals surface area contributed by atoms with Crippen molar-refractivity contribution in [2.75, 3.05) is 0 Å². The molecule has 1 atom stereocenters. The molecule has 0 amide bonds. The Labute approximate surface area is 211 Å². The third-order valence-electron chi connectivity index (χ3n) is 6.39. The molecule has 1 N–H and O–H groups in total. The van der Waals surface area contributed by atoms with Crippen molar-refractivity contribution in [1.29, 1.82) is 0 Å². The first-order chi connectivity index (χ1) is 17.4.